The minimum atomic E-state index is -1.33. The Kier molecular flexibility index (Phi) is 15.9. The van der Waals surface area contributed by atoms with Crippen molar-refractivity contribution < 1.29 is 44.4 Å². The van der Waals surface area contributed by atoms with Crippen molar-refractivity contribution in [1.82, 2.24) is 24.9 Å². The van der Waals surface area contributed by atoms with Crippen LogP contribution >= 0.6 is 11.6 Å². The van der Waals surface area contributed by atoms with Crippen molar-refractivity contribution >= 4 is 41.4 Å². The molecule has 1 saturated heterocycles. The van der Waals surface area contributed by atoms with Gasteiger partial charge in [0.15, 0.2) is 0 Å². The van der Waals surface area contributed by atoms with Gasteiger partial charge in [-0.25, -0.2) is 0 Å². The number of benzene rings is 2. The first-order valence-corrected chi connectivity index (χ1v) is 16.5. The number of hydrogen-bond acceptors (Lipinski definition) is 12. The molecule has 268 valence electrons. The summed E-state index contributed by atoms with van der Waals surface area (Å²) < 4.78 is 0. The van der Waals surface area contributed by atoms with Gasteiger partial charge in [-0.05, 0) is 55.0 Å². The summed E-state index contributed by atoms with van der Waals surface area (Å²) in [6, 6.07) is 11.9. The monoisotopic (exact) mass is 700 g/mol. The zero-order valence-corrected chi connectivity index (χ0v) is 28.4. The van der Waals surface area contributed by atoms with Gasteiger partial charge in [0, 0.05) is 89.1 Å². The van der Waals surface area contributed by atoms with E-state index in [0.29, 0.717) is 23.4 Å². The lowest BCUT2D eigenvalue weighted by Gasteiger charge is -2.36. The number of nitrogens with zero attached hydrogens (tertiary/aromatic N) is 4. The smallest absolute Gasteiger partial charge is 0.320 e. The van der Waals surface area contributed by atoms with Gasteiger partial charge in [0.2, 0.25) is 0 Å². The first kappa shape index (κ1) is 39.4. The molecule has 1 atom stereocenters. The third-order valence-corrected chi connectivity index (χ3v) is 9.03. The summed E-state index contributed by atoms with van der Waals surface area (Å²) in [5, 5.41) is 48.0. The molecule has 0 radical (unpaired) electrons. The van der Waals surface area contributed by atoms with Gasteiger partial charge in [-0.1, -0.05) is 41.9 Å². The lowest BCUT2D eigenvalue weighted by Crippen LogP contribution is -2.53. The van der Waals surface area contributed by atoms with Crippen LogP contribution in [-0.4, -0.2) is 139 Å². The molecule has 2 aromatic carbocycles. The van der Waals surface area contributed by atoms with E-state index in [-0.39, 0.29) is 71.2 Å². The summed E-state index contributed by atoms with van der Waals surface area (Å²) in [5.41, 5.74) is 3.25. The standard InChI is InChI=1S/C34H46ClN5O9/c1-24-25(7-4-9-28(24)35)20-26-6-2-3-8-27(26)33(47)36-11-5-10-29(34(48)49)40-18-16-38(22-31(43)44)14-12-37(21-30(41)42)13-15-39(17-19-40)23-32(45)46/h2-4,6-9,29H,5,10-23H2,1H3,(H,36,47)(H,41,42)(H,43,44)(H,45,46)(H,48,49)/p-3. The Morgan fingerprint density at radius 1 is 0.755 bits per heavy atom. The summed E-state index contributed by atoms with van der Waals surface area (Å²) in [6.07, 6.45) is 0.975. The summed E-state index contributed by atoms with van der Waals surface area (Å²) in [4.78, 5) is 66.2. The lowest BCUT2D eigenvalue weighted by atomic mass is 9.96. The zero-order chi connectivity index (χ0) is 35.9. The van der Waals surface area contributed by atoms with Gasteiger partial charge in [0.1, 0.15) is 6.04 Å². The Bertz CT molecular complexity index is 1430. The van der Waals surface area contributed by atoms with E-state index in [1.54, 1.807) is 26.8 Å². The summed E-state index contributed by atoms with van der Waals surface area (Å²) in [6.45, 7) is 1.97. The molecule has 1 heterocycles. The van der Waals surface area contributed by atoms with Crippen LogP contribution in [0.25, 0.3) is 0 Å². The molecular formula is C34H43ClN5O9-3. The number of halogens is 1. The van der Waals surface area contributed by atoms with Crippen LogP contribution < -0.4 is 20.6 Å². The van der Waals surface area contributed by atoms with Crippen LogP contribution in [0.15, 0.2) is 42.5 Å². The van der Waals surface area contributed by atoms with Gasteiger partial charge in [-0.15, -0.1) is 0 Å². The van der Waals surface area contributed by atoms with E-state index in [9.17, 15) is 44.4 Å². The van der Waals surface area contributed by atoms with E-state index in [0.717, 1.165) is 16.7 Å². The Morgan fingerprint density at radius 2 is 1.24 bits per heavy atom. The molecule has 2 aromatic rings. The Hall–Kier alpha value is -4.08. The number of nitrogens with one attached hydrogen (secondary N) is 1. The third kappa shape index (κ3) is 13.4. The number of amides is 1. The summed E-state index contributed by atoms with van der Waals surface area (Å²) in [7, 11) is 0. The fourth-order valence-corrected chi connectivity index (χ4v) is 6.08. The van der Waals surface area contributed by atoms with Crippen LogP contribution in [-0.2, 0) is 25.6 Å². The number of carbonyl (C=O) groups excluding carboxylic acids is 4. The zero-order valence-electron chi connectivity index (χ0n) is 27.6. The van der Waals surface area contributed by atoms with E-state index in [1.165, 1.54) is 4.90 Å². The molecule has 1 amide bonds. The number of carboxylic acids is 4. The minimum Gasteiger partial charge on any atom is -0.549 e. The first-order valence-electron chi connectivity index (χ1n) is 16.2. The Morgan fingerprint density at radius 3 is 1.76 bits per heavy atom. The molecule has 49 heavy (non-hydrogen) atoms. The Balaban J connectivity index is 1.69. The number of hydrogen-bond donors (Lipinski definition) is 2. The van der Waals surface area contributed by atoms with Crippen LogP contribution in [0.4, 0.5) is 0 Å². The molecule has 1 unspecified atom stereocenters. The highest BCUT2D eigenvalue weighted by molar-refractivity contribution is 6.31. The van der Waals surface area contributed by atoms with Crippen molar-refractivity contribution in [1.29, 1.82) is 0 Å². The molecule has 14 nitrogen and oxygen atoms in total. The second kappa shape index (κ2) is 19.8. The molecule has 0 bridgehead atoms. The van der Waals surface area contributed by atoms with Crippen LogP contribution in [0.2, 0.25) is 5.02 Å². The molecule has 3 rings (SSSR count). The van der Waals surface area contributed by atoms with Gasteiger partial charge in [-0.2, -0.15) is 0 Å². The van der Waals surface area contributed by atoms with E-state index >= 15 is 0 Å². The molecule has 1 aliphatic rings. The van der Waals surface area contributed by atoms with Gasteiger partial charge < -0.3 is 40.1 Å². The third-order valence-electron chi connectivity index (χ3n) is 8.62. The normalized spacial score (nSPS) is 16.6. The highest BCUT2D eigenvalue weighted by Gasteiger charge is 2.27. The summed E-state index contributed by atoms with van der Waals surface area (Å²) in [5.74, 6) is -5.40. The van der Waals surface area contributed by atoms with Gasteiger partial charge in [0.25, 0.3) is 5.91 Å². The minimum absolute atomic E-state index is 0.131. The molecule has 0 aromatic heterocycles. The van der Waals surface area contributed by atoms with Crippen molar-refractivity contribution in [2.24, 2.45) is 0 Å². The van der Waals surface area contributed by atoms with Crippen LogP contribution in [0.1, 0.15) is 39.9 Å². The molecule has 2 N–H and O–H groups in total. The Labute approximate surface area is 290 Å². The molecule has 0 aliphatic carbocycles. The summed E-state index contributed by atoms with van der Waals surface area (Å²) >= 11 is 6.29. The van der Waals surface area contributed by atoms with Gasteiger partial charge >= 0.3 is 5.97 Å². The predicted octanol–water partition coefficient (Wildman–Crippen LogP) is -2.33. The maximum Gasteiger partial charge on any atom is 0.320 e. The van der Waals surface area contributed by atoms with E-state index in [1.807, 2.05) is 37.3 Å². The largest absolute Gasteiger partial charge is 0.549 e. The second-order valence-corrected chi connectivity index (χ2v) is 12.5. The average molecular weight is 701 g/mol. The molecule has 1 fully saturated rings. The van der Waals surface area contributed by atoms with Crippen molar-refractivity contribution in [3.8, 4) is 0 Å². The molecule has 0 spiro atoms. The topological polar surface area (TPSA) is 200 Å². The van der Waals surface area contributed by atoms with Crippen molar-refractivity contribution in [2.75, 3.05) is 78.5 Å². The van der Waals surface area contributed by atoms with Crippen molar-refractivity contribution in [3.63, 3.8) is 0 Å². The number of carboxylic acid groups (broad SMARTS) is 4. The number of rotatable bonds is 15. The molecular weight excluding hydrogens is 658 g/mol. The fourth-order valence-electron chi connectivity index (χ4n) is 5.89. The van der Waals surface area contributed by atoms with Crippen molar-refractivity contribution in [2.45, 2.75) is 32.2 Å². The fraction of sp³-hybridized carbons (Fsp3) is 0.500. The first-order chi connectivity index (χ1) is 23.3. The maximum atomic E-state index is 13.2. The van der Waals surface area contributed by atoms with E-state index in [2.05, 4.69) is 5.32 Å². The SMILES string of the molecule is Cc1c(Cl)cccc1Cc1ccccc1C(=O)NCCCC(C(=O)O)N1CCN(CC(=O)[O-])CCN(CC(=O)[O-])CCN(CC(=O)[O-])CC1. The number of aliphatic carboxylic acids is 4. The average Bonchev–Trinajstić information content (AvgIpc) is 3.03. The molecule has 1 aliphatic heterocycles. The number of carbonyl (C=O) groups is 5. The van der Waals surface area contributed by atoms with Gasteiger partial charge in [0.05, 0.1) is 17.9 Å². The van der Waals surface area contributed by atoms with Gasteiger partial charge in [-0.3, -0.25) is 29.2 Å². The van der Waals surface area contributed by atoms with Crippen LogP contribution in [0.3, 0.4) is 0 Å². The maximum absolute atomic E-state index is 13.2. The molecule has 0 saturated carbocycles. The van der Waals surface area contributed by atoms with E-state index < -0.39 is 49.6 Å². The highest BCUT2D eigenvalue weighted by atomic mass is 35.5. The molecule has 15 heteroatoms. The van der Waals surface area contributed by atoms with E-state index in [4.69, 9.17) is 11.6 Å². The highest BCUT2D eigenvalue weighted by Crippen LogP contribution is 2.23. The lowest BCUT2D eigenvalue weighted by molar-refractivity contribution is -0.308. The van der Waals surface area contributed by atoms with Crippen LogP contribution in [0.5, 0.6) is 0 Å². The quantitative estimate of drug-likeness (QED) is 0.188. The second-order valence-electron chi connectivity index (χ2n) is 12.1. The predicted molar refractivity (Wildman–Crippen MR) is 174 cm³/mol. The van der Waals surface area contributed by atoms with Crippen LogP contribution in [0, 0.1) is 6.92 Å². The van der Waals surface area contributed by atoms with Crippen molar-refractivity contribution in [3.05, 3.63) is 69.7 Å².